The molecule has 3 N–H and O–H groups in total. The fourth-order valence-corrected chi connectivity index (χ4v) is 2.65. The number of aliphatic imine (C=N–C) groups is 1. The first-order valence-corrected chi connectivity index (χ1v) is 9.05. The molecule has 2 aromatic rings. The lowest BCUT2D eigenvalue weighted by molar-refractivity contribution is -0.414. The molecule has 0 unspecified atom stereocenters. The van der Waals surface area contributed by atoms with E-state index < -0.39 is 11.0 Å². The number of allylic oxidation sites excluding steroid dienone is 1. The van der Waals surface area contributed by atoms with Crippen molar-refractivity contribution in [3.05, 3.63) is 93.8 Å². The second-order valence-corrected chi connectivity index (χ2v) is 6.37. The van der Waals surface area contributed by atoms with Crippen molar-refractivity contribution in [1.29, 1.82) is 0 Å². The number of aliphatic hydroxyl groups is 2. The van der Waals surface area contributed by atoms with Crippen LogP contribution in [-0.4, -0.2) is 46.6 Å². The van der Waals surface area contributed by atoms with Crippen LogP contribution in [0.15, 0.2) is 77.6 Å². The quantitative estimate of drug-likeness (QED) is 0.312. The van der Waals surface area contributed by atoms with E-state index in [0.29, 0.717) is 12.8 Å². The first-order chi connectivity index (χ1) is 13.6. The Kier molecular flexibility index (Phi) is 8.84. The fraction of sp³-hybridized carbons (Fsp3) is 0.286. The molecule has 148 valence electrons. The summed E-state index contributed by atoms with van der Waals surface area (Å²) in [6, 6.07) is 18.2. The molecule has 0 aliphatic heterocycles. The van der Waals surface area contributed by atoms with E-state index in [1.165, 1.54) is 6.20 Å². The third-order valence-electron chi connectivity index (χ3n) is 4.17. The van der Waals surface area contributed by atoms with E-state index in [9.17, 15) is 20.3 Å². The third-order valence-corrected chi connectivity index (χ3v) is 4.17. The number of aliphatic hydroxyl groups excluding tert-OH is 2. The average Bonchev–Trinajstić information content (AvgIpc) is 2.73. The van der Waals surface area contributed by atoms with E-state index in [4.69, 9.17) is 0 Å². The molecule has 28 heavy (non-hydrogen) atoms. The molecule has 0 fully saturated rings. The van der Waals surface area contributed by atoms with Crippen LogP contribution in [0.1, 0.15) is 11.1 Å². The van der Waals surface area contributed by atoms with Crippen LogP contribution in [0.5, 0.6) is 0 Å². The monoisotopic (exact) mass is 383 g/mol. The zero-order chi connectivity index (χ0) is 20.2. The highest BCUT2D eigenvalue weighted by molar-refractivity contribution is 5.75. The predicted molar refractivity (Wildman–Crippen MR) is 109 cm³/mol. The Morgan fingerprint density at radius 1 is 1.00 bits per heavy atom. The van der Waals surface area contributed by atoms with E-state index in [1.54, 1.807) is 0 Å². The van der Waals surface area contributed by atoms with Gasteiger partial charge in [0.1, 0.15) is 6.21 Å². The van der Waals surface area contributed by atoms with Gasteiger partial charge in [-0.05, 0) is 24.0 Å². The Bertz CT molecular complexity index is 779. The Labute approximate surface area is 164 Å². The standard InChI is InChI=1S/C21H25N3O4/c25-15-19(11-17-7-3-1-4-8-17)22-13-21(24(27)28)14-23-20(16-26)12-18-9-5-2-6-10-18/h1-10,13-14,19-20,22,25-26H,11-12,15-16H2/b21-13-,23-14?/t19-,20-/m1/s1. The van der Waals surface area contributed by atoms with Crippen molar-refractivity contribution in [1.82, 2.24) is 5.32 Å². The zero-order valence-corrected chi connectivity index (χ0v) is 15.5. The summed E-state index contributed by atoms with van der Waals surface area (Å²) < 4.78 is 0. The summed E-state index contributed by atoms with van der Waals surface area (Å²) in [4.78, 5) is 14.9. The van der Waals surface area contributed by atoms with E-state index >= 15 is 0 Å². The molecule has 2 rings (SSSR count). The van der Waals surface area contributed by atoms with E-state index in [-0.39, 0.29) is 25.0 Å². The van der Waals surface area contributed by atoms with Crippen LogP contribution in [0, 0.1) is 10.1 Å². The minimum Gasteiger partial charge on any atom is -0.394 e. The SMILES string of the molecule is O=[N+]([O-])/C(C=N[C@@H](CO)Cc1ccccc1)=C\N[C@@H](CO)Cc1ccccc1. The minimum absolute atomic E-state index is 0.166. The predicted octanol–water partition coefficient (Wildman–Crippen LogP) is 1.97. The summed E-state index contributed by atoms with van der Waals surface area (Å²) in [6.07, 6.45) is 3.40. The van der Waals surface area contributed by atoms with Gasteiger partial charge in [0.05, 0.1) is 36.4 Å². The van der Waals surface area contributed by atoms with Gasteiger partial charge in [-0.1, -0.05) is 60.7 Å². The van der Waals surface area contributed by atoms with Crippen LogP contribution < -0.4 is 5.32 Å². The number of rotatable bonds is 11. The van der Waals surface area contributed by atoms with Gasteiger partial charge in [0.15, 0.2) is 0 Å². The summed E-state index contributed by atoms with van der Waals surface area (Å²) in [5.74, 6) is 0. The molecule has 0 bridgehead atoms. The van der Waals surface area contributed by atoms with Crippen molar-refractivity contribution in [3.63, 3.8) is 0 Å². The van der Waals surface area contributed by atoms with Gasteiger partial charge in [-0.2, -0.15) is 0 Å². The fourth-order valence-electron chi connectivity index (χ4n) is 2.65. The highest BCUT2D eigenvalue weighted by Gasteiger charge is 2.13. The van der Waals surface area contributed by atoms with Gasteiger partial charge in [0, 0.05) is 0 Å². The Morgan fingerprint density at radius 3 is 2.07 bits per heavy atom. The second kappa shape index (κ2) is 11.6. The van der Waals surface area contributed by atoms with Crippen molar-refractivity contribution in [3.8, 4) is 0 Å². The summed E-state index contributed by atoms with van der Waals surface area (Å²) in [6.45, 7) is -0.377. The number of hydrogen-bond acceptors (Lipinski definition) is 6. The lowest BCUT2D eigenvalue weighted by Gasteiger charge is -2.14. The molecule has 0 radical (unpaired) electrons. The second-order valence-electron chi connectivity index (χ2n) is 6.37. The number of hydrogen-bond donors (Lipinski definition) is 3. The summed E-state index contributed by atoms with van der Waals surface area (Å²) in [5, 5.41) is 33.2. The smallest absolute Gasteiger partial charge is 0.302 e. The number of nitrogens with zero attached hydrogens (tertiary/aromatic N) is 2. The highest BCUT2D eigenvalue weighted by Crippen LogP contribution is 2.07. The lowest BCUT2D eigenvalue weighted by atomic mass is 10.1. The van der Waals surface area contributed by atoms with Crippen molar-refractivity contribution < 1.29 is 15.1 Å². The molecule has 0 aromatic heterocycles. The van der Waals surface area contributed by atoms with Gasteiger partial charge in [0.2, 0.25) is 0 Å². The average molecular weight is 383 g/mol. The molecule has 0 spiro atoms. The minimum atomic E-state index is -0.551. The first kappa shape index (κ1) is 21.3. The van der Waals surface area contributed by atoms with E-state index in [0.717, 1.165) is 17.3 Å². The van der Waals surface area contributed by atoms with Crippen LogP contribution in [0.2, 0.25) is 0 Å². The number of nitro groups is 1. The molecule has 0 aliphatic rings. The van der Waals surface area contributed by atoms with Crippen LogP contribution in [0.4, 0.5) is 0 Å². The normalized spacial score (nSPS) is 14.0. The van der Waals surface area contributed by atoms with Crippen molar-refractivity contribution in [2.24, 2.45) is 4.99 Å². The molecule has 7 heteroatoms. The highest BCUT2D eigenvalue weighted by atomic mass is 16.6. The van der Waals surface area contributed by atoms with Gasteiger partial charge in [-0.15, -0.1) is 0 Å². The maximum atomic E-state index is 11.3. The third kappa shape index (κ3) is 7.30. The molecule has 7 nitrogen and oxygen atoms in total. The molecule has 0 amide bonds. The van der Waals surface area contributed by atoms with E-state index in [2.05, 4.69) is 10.3 Å². The molecule has 0 saturated carbocycles. The maximum Gasteiger partial charge on any atom is 0.302 e. The number of nitrogens with one attached hydrogen (secondary N) is 1. The van der Waals surface area contributed by atoms with Crippen molar-refractivity contribution in [2.45, 2.75) is 24.9 Å². The van der Waals surface area contributed by atoms with Gasteiger partial charge >= 0.3 is 5.70 Å². The molecule has 2 aromatic carbocycles. The molecular formula is C21H25N3O4. The van der Waals surface area contributed by atoms with Gasteiger partial charge in [-0.3, -0.25) is 15.1 Å². The zero-order valence-electron chi connectivity index (χ0n) is 15.5. The molecule has 2 atom stereocenters. The molecular weight excluding hydrogens is 358 g/mol. The first-order valence-electron chi connectivity index (χ1n) is 9.05. The topological polar surface area (TPSA) is 108 Å². The van der Waals surface area contributed by atoms with E-state index in [1.807, 2.05) is 60.7 Å². The Morgan fingerprint density at radius 2 is 1.57 bits per heavy atom. The van der Waals surface area contributed by atoms with Crippen molar-refractivity contribution in [2.75, 3.05) is 13.2 Å². The molecule has 0 saturated heterocycles. The Balaban J connectivity index is 2.01. The maximum absolute atomic E-state index is 11.3. The summed E-state index contributed by atoms with van der Waals surface area (Å²) in [7, 11) is 0. The lowest BCUT2D eigenvalue weighted by Crippen LogP contribution is -2.31. The Hall–Kier alpha value is -3.03. The summed E-state index contributed by atoms with van der Waals surface area (Å²) in [5.41, 5.74) is 1.77. The summed E-state index contributed by atoms with van der Waals surface area (Å²) >= 11 is 0. The van der Waals surface area contributed by atoms with Gasteiger partial charge < -0.3 is 15.5 Å². The number of benzene rings is 2. The molecule has 0 heterocycles. The van der Waals surface area contributed by atoms with Gasteiger partial charge in [-0.25, -0.2) is 0 Å². The van der Waals surface area contributed by atoms with Crippen LogP contribution >= 0.6 is 0 Å². The van der Waals surface area contributed by atoms with Crippen LogP contribution in [0.25, 0.3) is 0 Å². The van der Waals surface area contributed by atoms with Crippen molar-refractivity contribution >= 4 is 6.21 Å². The van der Waals surface area contributed by atoms with Crippen LogP contribution in [0.3, 0.4) is 0 Å². The van der Waals surface area contributed by atoms with Crippen LogP contribution in [-0.2, 0) is 12.8 Å². The van der Waals surface area contributed by atoms with Gasteiger partial charge in [0.25, 0.3) is 0 Å². The largest absolute Gasteiger partial charge is 0.394 e. The molecule has 0 aliphatic carbocycles.